The van der Waals surface area contributed by atoms with Crippen LogP contribution >= 0.6 is 0 Å². The molecule has 1 rings (SSSR count). The molecule has 3 nitrogen and oxygen atoms in total. The van der Waals surface area contributed by atoms with Gasteiger partial charge in [0.05, 0.1) is 5.69 Å². The molecule has 0 amide bonds. The predicted molar refractivity (Wildman–Crippen MR) is 36.5 cm³/mol. The first-order chi connectivity index (χ1) is 5.15. The Balaban J connectivity index is 3.48. The van der Waals surface area contributed by atoms with Gasteiger partial charge in [0.1, 0.15) is 17.4 Å². The van der Waals surface area contributed by atoms with Gasteiger partial charge in [-0.05, 0) is 13.0 Å². The smallest absolute Gasteiger partial charge is 0.266 e. The van der Waals surface area contributed by atoms with Crippen LogP contribution in [0.25, 0.3) is 0 Å². The molecule has 0 bridgehead atoms. The van der Waals surface area contributed by atoms with Gasteiger partial charge in [-0.25, -0.2) is 4.39 Å². The Hall–Kier alpha value is -1.63. The van der Waals surface area contributed by atoms with Crippen molar-refractivity contribution in [2.75, 3.05) is 0 Å². The average Bonchev–Trinajstić information content (AvgIpc) is 1.97. The van der Waals surface area contributed by atoms with E-state index in [1.165, 1.54) is 6.92 Å². The Kier molecular flexibility index (Phi) is 1.73. The van der Waals surface area contributed by atoms with Crippen molar-refractivity contribution in [2.24, 2.45) is 0 Å². The van der Waals surface area contributed by atoms with Crippen LogP contribution in [0.2, 0.25) is 0 Å². The minimum Gasteiger partial charge on any atom is -0.322 e. The van der Waals surface area contributed by atoms with Crippen LogP contribution in [0.15, 0.2) is 10.9 Å². The summed E-state index contributed by atoms with van der Waals surface area (Å²) in [7, 11) is 0. The zero-order valence-electron chi connectivity index (χ0n) is 5.81. The van der Waals surface area contributed by atoms with Crippen LogP contribution in [0.5, 0.6) is 0 Å². The lowest BCUT2D eigenvalue weighted by atomic mass is 10.2. The lowest BCUT2D eigenvalue weighted by molar-refractivity contribution is 0.607. The van der Waals surface area contributed by atoms with Crippen molar-refractivity contribution in [3.63, 3.8) is 0 Å². The largest absolute Gasteiger partial charge is 0.322 e. The number of nitriles is 1. The van der Waals surface area contributed by atoms with Crippen molar-refractivity contribution in [3.05, 3.63) is 33.5 Å². The van der Waals surface area contributed by atoms with Gasteiger partial charge in [0, 0.05) is 0 Å². The third-order valence-electron chi connectivity index (χ3n) is 1.30. The van der Waals surface area contributed by atoms with E-state index in [-0.39, 0.29) is 11.3 Å². The average molecular weight is 152 g/mol. The summed E-state index contributed by atoms with van der Waals surface area (Å²) in [4.78, 5) is 13.0. The maximum Gasteiger partial charge on any atom is 0.266 e. The third kappa shape index (κ3) is 1.27. The molecule has 1 aromatic rings. The van der Waals surface area contributed by atoms with Gasteiger partial charge >= 0.3 is 0 Å². The van der Waals surface area contributed by atoms with E-state index in [0.717, 1.165) is 6.07 Å². The molecule has 0 aromatic carbocycles. The first-order valence-electron chi connectivity index (χ1n) is 2.94. The van der Waals surface area contributed by atoms with Gasteiger partial charge in [0.25, 0.3) is 5.56 Å². The molecule has 0 spiro atoms. The Bertz CT molecular complexity index is 375. The second-order valence-corrected chi connectivity index (χ2v) is 2.10. The summed E-state index contributed by atoms with van der Waals surface area (Å²) in [5, 5.41) is 8.30. The molecule has 0 saturated carbocycles. The Morgan fingerprint density at radius 3 is 2.91 bits per heavy atom. The molecule has 0 aliphatic rings. The highest BCUT2D eigenvalue weighted by Crippen LogP contribution is 1.99. The van der Waals surface area contributed by atoms with Crippen LogP contribution in [-0.4, -0.2) is 4.98 Å². The second-order valence-electron chi connectivity index (χ2n) is 2.10. The van der Waals surface area contributed by atoms with Gasteiger partial charge in [0.15, 0.2) is 0 Å². The number of nitrogens with one attached hydrogen (secondary N) is 1. The number of hydrogen-bond acceptors (Lipinski definition) is 2. The van der Waals surface area contributed by atoms with E-state index in [0.29, 0.717) is 0 Å². The van der Waals surface area contributed by atoms with Crippen molar-refractivity contribution < 1.29 is 4.39 Å². The summed E-state index contributed by atoms with van der Waals surface area (Å²) in [6, 6.07) is 2.50. The summed E-state index contributed by atoms with van der Waals surface area (Å²) >= 11 is 0. The van der Waals surface area contributed by atoms with Gasteiger partial charge in [-0.1, -0.05) is 0 Å². The Morgan fingerprint density at radius 2 is 2.36 bits per heavy atom. The molecule has 0 aliphatic heterocycles. The number of aromatic nitrogens is 1. The van der Waals surface area contributed by atoms with Crippen molar-refractivity contribution >= 4 is 0 Å². The highest BCUT2D eigenvalue weighted by Gasteiger charge is 2.02. The molecule has 0 saturated heterocycles. The monoisotopic (exact) mass is 152 g/mol. The van der Waals surface area contributed by atoms with Crippen LogP contribution < -0.4 is 5.56 Å². The van der Waals surface area contributed by atoms with E-state index in [4.69, 9.17) is 5.26 Å². The standard InChI is InChI=1S/C7H5FN2O/c1-4-6(8)2-5(3-9)7(11)10-4/h2H,1H3,(H,10,11). The third-order valence-corrected chi connectivity index (χ3v) is 1.30. The van der Waals surface area contributed by atoms with E-state index in [1.54, 1.807) is 6.07 Å². The lowest BCUT2D eigenvalue weighted by Crippen LogP contribution is -2.12. The van der Waals surface area contributed by atoms with E-state index in [2.05, 4.69) is 4.98 Å². The van der Waals surface area contributed by atoms with Crippen molar-refractivity contribution in [1.82, 2.24) is 4.98 Å². The first-order valence-corrected chi connectivity index (χ1v) is 2.94. The molecule has 0 atom stereocenters. The van der Waals surface area contributed by atoms with Gasteiger partial charge in [-0.15, -0.1) is 0 Å². The first kappa shape index (κ1) is 7.48. The fraction of sp³-hybridized carbons (Fsp3) is 0.143. The van der Waals surface area contributed by atoms with Gasteiger partial charge in [-0.3, -0.25) is 4.79 Å². The van der Waals surface area contributed by atoms with Crippen LogP contribution in [0, 0.1) is 24.1 Å². The van der Waals surface area contributed by atoms with E-state index in [9.17, 15) is 9.18 Å². The Morgan fingerprint density at radius 1 is 1.73 bits per heavy atom. The summed E-state index contributed by atoms with van der Waals surface area (Å²) < 4.78 is 12.6. The molecular weight excluding hydrogens is 147 g/mol. The van der Waals surface area contributed by atoms with Crippen molar-refractivity contribution in [2.45, 2.75) is 6.92 Å². The lowest BCUT2D eigenvalue weighted by Gasteiger charge is -1.93. The number of aryl methyl sites for hydroxylation is 1. The number of pyridine rings is 1. The SMILES string of the molecule is Cc1[nH]c(=O)c(C#N)cc1F. The minimum absolute atomic E-state index is 0.147. The number of hydrogen-bond donors (Lipinski definition) is 1. The molecule has 0 radical (unpaired) electrons. The molecule has 56 valence electrons. The molecule has 0 unspecified atom stereocenters. The molecule has 1 heterocycles. The van der Waals surface area contributed by atoms with Crippen LogP contribution in [0.3, 0.4) is 0 Å². The molecule has 11 heavy (non-hydrogen) atoms. The molecule has 1 aromatic heterocycles. The zero-order valence-corrected chi connectivity index (χ0v) is 5.81. The minimum atomic E-state index is -0.568. The molecular formula is C7H5FN2O. The van der Waals surface area contributed by atoms with Gasteiger partial charge in [-0.2, -0.15) is 5.26 Å². The van der Waals surface area contributed by atoms with E-state index < -0.39 is 11.4 Å². The molecule has 0 fully saturated rings. The van der Waals surface area contributed by atoms with Crippen LogP contribution in [-0.2, 0) is 0 Å². The van der Waals surface area contributed by atoms with Gasteiger partial charge in [0.2, 0.25) is 0 Å². The topological polar surface area (TPSA) is 56.6 Å². The van der Waals surface area contributed by atoms with Crippen molar-refractivity contribution in [1.29, 1.82) is 5.26 Å². The number of nitrogens with zero attached hydrogens (tertiary/aromatic N) is 1. The summed E-state index contributed by atoms with van der Waals surface area (Å²) in [6.45, 7) is 1.43. The fourth-order valence-electron chi connectivity index (χ4n) is 0.681. The number of H-pyrrole nitrogens is 1. The van der Waals surface area contributed by atoms with E-state index in [1.807, 2.05) is 0 Å². The quantitative estimate of drug-likeness (QED) is 0.594. The highest BCUT2D eigenvalue weighted by atomic mass is 19.1. The number of halogens is 1. The van der Waals surface area contributed by atoms with Gasteiger partial charge < -0.3 is 4.98 Å². The summed E-state index contributed by atoms with van der Waals surface area (Å²) in [6.07, 6.45) is 0. The summed E-state index contributed by atoms with van der Waals surface area (Å²) in [5.41, 5.74) is -0.603. The second kappa shape index (κ2) is 2.54. The van der Waals surface area contributed by atoms with Crippen molar-refractivity contribution in [3.8, 4) is 6.07 Å². The number of aromatic amines is 1. The van der Waals surface area contributed by atoms with Crippen LogP contribution in [0.4, 0.5) is 4.39 Å². The fourth-order valence-corrected chi connectivity index (χ4v) is 0.681. The molecule has 1 N–H and O–H groups in total. The molecule has 0 aliphatic carbocycles. The predicted octanol–water partition coefficient (Wildman–Crippen LogP) is 0.694. The maximum atomic E-state index is 12.6. The maximum absolute atomic E-state index is 12.6. The highest BCUT2D eigenvalue weighted by molar-refractivity contribution is 5.27. The number of rotatable bonds is 0. The summed E-state index contributed by atoms with van der Waals surface area (Å²) in [5.74, 6) is -0.568. The molecule has 4 heteroatoms. The Labute approximate surface area is 62.1 Å². The van der Waals surface area contributed by atoms with Crippen LogP contribution in [0.1, 0.15) is 11.3 Å². The normalized spacial score (nSPS) is 9.18. The zero-order chi connectivity index (χ0) is 8.43. The van der Waals surface area contributed by atoms with E-state index >= 15 is 0 Å².